The number of rotatable bonds is 13. The van der Waals surface area contributed by atoms with E-state index < -0.39 is 24.3 Å². The topological polar surface area (TPSA) is 149 Å². The monoisotopic (exact) mass is 668 g/mol. The molecule has 0 unspecified atom stereocenters. The van der Waals surface area contributed by atoms with Crippen LogP contribution < -0.4 is 35.0 Å². The van der Waals surface area contributed by atoms with Crippen LogP contribution in [0.5, 0.6) is 23.0 Å². The van der Waals surface area contributed by atoms with E-state index in [-0.39, 0.29) is 12.2 Å². The van der Waals surface area contributed by atoms with Gasteiger partial charge in [0.2, 0.25) is 0 Å². The maximum atomic E-state index is 12.4. The first-order valence-corrected chi connectivity index (χ1v) is 13.5. The fourth-order valence-corrected chi connectivity index (χ4v) is 4.57. The lowest BCUT2D eigenvalue weighted by Crippen LogP contribution is -2.45. The molecule has 0 radical (unpaired) electrons. The van der Waals surface area contributed by atoms with E-state index in [1.165, 1.54) is 13.3 Å². The third-order valence-corrected chi connectivity index (χ3v) is 6.28. The molecule has 0 bridgehead atoms. The highest BCUT2D eigenvalue weighted by molar-refractivity contribution is 14.1. The van der Waals surface area contributed by atoms with E-state index in [2.05, 4.69) is 43.8 Å². The number of ether oxygens (including phenoxy) is 5. The number of hydrogen-bond acceptors (Lipinski definition) is 10. The van der Waals surface area contributed by atoms with E-state index in [1.54, 1.807) is 32.2 Å². The van der Waals surface area contributed by atoms with Crippen molar-refractivity contribution in [3.63, 3.8) is 0 Å². The summed E-state index contributed by atoms with van der Waals surface area (Å²) in [4.78, 5) is 24.5. The lowest BCUT2D eigenvalue weighted by molar-refractivity contribution is -0.136. The van der Waals surface area contributed by atoms with Crippen molar-refractivity contribution >= 4 is 40.8 Å². The predicted octanol–water partition coefficient (Wildman–Crippen LogP) is 3.22. The molecule has 1 aliphatic rings. The number of hydrazone groups is 1. The third kappa shape index (κ3) is 7.69. The highest BCUT2D eigenvalue weighted by Gasteiger charge is 2.32. The third-order valence-electron chi connectivity index (χ3n) is 5.66. The standard InChI is InChI=1S/C27H33IN4O8/c1-6-38-20-11-16(24-23(26(34)37-5)15(3)30-27(35)31-24)8-9-19(20)40-14-22(33)32-29-13-17-10-18(28)12-21(36-4)25(17)39-7-2/h8-13,22,24,32-33H,6-7,14H2,1-5H3,(H2,30,31,35)/b29-13+/t22-,24-/m1/s1. The smallest absolute Gasteiger partial charge is 0.337 e. The molecule has 216 valence electrons. The summed E-state index contributed by atoms with van der Waals surface area (Å²) in [6, 6.07) is 7.54. The zero-order valence-electron chi connectivity index (χ0n) is 22.9. The van der Waals surface area contributed by atoms with E-state index in [1.807, 2.05) is 26.0 Å². The van der Waals surface area contributed by atoms with Crippen molar-refractivity contribution in [2.45, 2.75) is 33.0 Å². The van der Waals surface area contributed by atoms with Gasteiger partial charge >= 0.3 is 12.0 Å². The number of aliphatic hydroxyl groups excluding tert-OH is 1. The zero-order valence-corrected chi connectivity index (χ0v) is 25.0. The Kier molecular flexibility index (Phi) is 11.3. The van der Waals surface area contributed by atoms with Gasteiger partial charge in [-0.1, -0.05) is 6.07 Å². The summed E-state index contributed by atoms with van der Waals surface area (Å²) in [5, 5.41) is 19.9. The van der Waals surface area contributed by atoms with E-state index >= 15 is 0 Å². The number of allylic oxidation sites excluding steroid dienone is 1. The molecule has 2 amide bonds. The zero-order chi connectivity index (χ0) is 29.2. The predicted molar refractivity (Wildman–Crippen MR) is 156 cm³/mol. The van der Waals surface area contributed by atoms with Gasteiger partial charge in [-0.25, -0.2) is 9.59 Å². The SMILES string of the molecule is CCOc1cc([C@H]2NC(=O)NC(C)=C2C(=O)OC)ccc1OC[C@@H](O)N/N=C/c1cc(I)cc(OC)c1OCC. The van der Waals surface area contributed by atoms with Crippen molar-refractivity contribution in [1.82, 2.24) is 16.1 Å². The Bertz CT molecular complexity index is 1280. The quantitative estimate of drug-likeness (QED) is 0.0831. The molecule has 13 heteroatoms. The molecule has 2 aromatic carbocycles. The van der Waals surface area contributed by atoms with Gasteiger partial charge in [0, 0.05) is 14.8 Å². The summed E-state index contributed by atoms with van der Waals surface area (Å²) in [6.45, 7) is 5.95. The van der Waals surface area contributed by atoms with E-state index in [0.717, 1.165) is 3.57 Å². The fraction of sp³-hybridized carbons (Fsp3) is 0.370. The first kappa shape index (κ1) is 30.8. The van der Waals surface area contributed by atoms with Crippen LogP contribution in [0.15, 0.2) is 46.7 Å². The largest absolute Gasteiger partial charge is 0.493 e. The molecule has 40 heavy (non-hydrogen) atoms. The first-order chi connectivity index (χ1) is 19.2. The van der Waals surface area contributed by atoms with Gasteiger partial charge in [-0.3, -0.25) is 5.43 Å². The number of benzene rings is 2. The average Bonchev–Trinajstić information content (AvgIpc) is 2.92. The van der Waals surface area contributed by atoms with E-state index in [4.69, 9.17) is 23.7 Å². The number of nitrogens with zero attached hydrogens (tertiary/aromatic N) is 1. The van der Waals surface area contributed by atoms with Crippen LogP contribution in [0.2, 0.25) is 0 Å². The van der Waals surface area contributed by atoms with Crippen molar-refractivity contribution in [2.75, 3.05) is 34.0 Å². The van der Waals surface area contributed by atoms with Crippen LogP contribution in [0.1, 0.15) is 37.9 Å². The molecular formula is C27H33IN4O8. The maximum Gasteiger partial charge on any atom is 0.337 e. The van der Waals surface area contributed by atoms with Crippen molar-refractivity contribution < 1.29 is 38.4 Å². The molecule has 3 rings (SSSR count). The summed E-state index contributed by atoms with van der Waals surface area (Å²) in [6.07, 6.45) is 0.381. The van der Waals surface area contributed by atoms with Gasteiger partial charge in [0.05, 0.1) is 45.3 Å². The Hall–Kier alpha value is -3.72. The Balaban J connectivity index is 1.73. The Labute approximate surface area is 246 Å². The second-order valence-electron chi connectivity index (χ2n) is 8.37. The summed E-state index contributed by atoms with van der Waals surface area (Å²) >= 11 is 2.17. The molecule has 0 aliphatic carbocycles. The Morgan fingerprint density at radius 3 is 2.55 bits per heavy atom. The minimum Gasteiger partial charge on any atom is -0.493 e. The second-order valence-corrected chi connectivity index (χ2v) is 9.62. The first-order valence-electron chi connectivity index (χ1n) is 12.4. The molecule has 4 N–H and O–H groups in total. The van der Waals surface area contributed by atoms with Crippen LogP contribution in [-0.4, -0.2) is 63.6 Å². The van der Waals surface area contributed by atoms with Crippen LogP contribution >= 0.6 is 22.6 Å². The number of carbonyl (C=O) groups excluding carboxylic acids is 2. The van der Waals surface area contributed by atoms with Crippen molar-refractivity contribution in [2.24, 2.45) is 5.10 Å². The van der Waals surface area contributed by atoms with Crippen LogP contribution in [0.3, 0.4) is 0 Å². The molecule has 2 atom stereocenters. The van der Waals surface area contributed by atoms with Crippen LogP contribution in [-0.2, 0) is 9.53 Å². The summed E-state index contributed by atoms with van der Waals surface area (Å²) in [5.74, 6) is 1.29. The molecule has 0 saturated carbocycles. The molecule has 12 nitrogen and oxygen atoms in total. The van der Waals surface area contributed by atoms with Gasteiger partial charge in [0.25, 0.3) is 0 Å². The molecule has 1 aliphatic heterocycles. The van der Waals surface area contributed by atoms with Crippen molar-refractivity contribution in [1.29, 1.82) is 0 Å². The number of hydrogen-bond donors (Lipinski definition) is 4. The van der Waals surface area contributed by atoms with Crippen LogP contribution in [0.4, 0.5) is 4.79 Å². The Morgan fingerprint density at radius 2 is 1.88 bits per heavy atom. The number of methoxy groups -OCH3 is 2. The summed E-state index contributed by atoms with van der Waals surface area (Å²) in [5.41, 5.74) is 4.56. The van der Waals surface area contributed by atoms with Crippen LogP contribution in [0.25, 0.3) is 0 Å². The molecular weight excluding hydrogens is 635 g/mol. The lowest BCUT2D eigenvalue weighted by Gasteiger charge is -2.28. The fourth-order valence-electron chi connectivity index (χ4n) is 3.95. The van der Waals surface area contributed by atoms with Gasteiger partial charge in [-0.05, 0) is 73.2 Å². The van der Waals surface area contributed by atoms with Crippen LogP contribution in [0, 0.1) is 3.57 Å². The Morgan fingerprint density at radius 1 is 1.12 bits per heavy atom. The molecule has 0 spiro atoms. The molecule has 0 aromatic heterocycles. The molecule has 0 saturated heterocycles. The van der Waals surface area contributed by atoms with Gasteiger partial charge in [0.15, 0.2) is 29.2 Å². The van der Waals surface area contributed by atoms with Crippen molar-refractivity contribution in [3.8, 4) is 23.0 Å². The highest BCUT2D eigenvalue weighted by Crippen LogP contribution is 2.35. The number of aliphatic hydroxyl groups is 1. The van der Waals surface area contributed by atoms with Gasteiger partial charge < -0.3 is 39.4 Å². The maximum absolute atomic E-state index is 12.4. The lowest BCUT2D eigenvalue weighted by atomic mass is 9.95. The number of carbonyl (C=O) groups is 2. The molecule has 2 aromatic rings. The average molecular weight is 668 g/mol. The van der Waals surface area contributed by atoms with Gasteiger partial charge in [0.1, 0.15) is 6.61 Å². The molecule has 0 fully saturated rings. The minimum atomic E-state index is -1.15. The number of halogens is 1. The number of urea groups is 1. The summed E-state index contributed by atoms with van der Waals surface area (Å²) < 4.78 is 28.5. The van der Waals surface area contributed by atoms with Gasteiger partial charge in [-0.2, -0.15) is 5.10 Å². The van der Waals surface area contributed by atoms with E-state index in [9.17, 15) is 14.7 Å². The number of esters is 1. The minimum absolute atomic E-state index is 0.152. The van der Waals surface area contributed by atoms with E-state index in [0.29, 0.717) is 53.0 Å². The second kappa shape index (κ2) is 14.6. The summed E-state index contributed by atoms with van der Waals surface area (Å²) in [7, 11) is 2.84. The number of nitrogens with one attached hydrogen (secondary N) is 3. The number of amides is 2. The highest BCUT2D eigenvalue weighted by atomic mass is 127. The van der Waals surface area contributed by atoms with Gasteiger partial charge in [-0.15, -0.1) is 0 Å². The van der Waals surface area contributed by atoms with Crippen molar-refractivity contribution in [3.05, 3.63) is 56.3 Å². The molecule has 1 heterocycles. The normalized spacial score (nSPS) is 15.7.